The third-order valence-corrected chi connectivity index (χ3v) is 22.9. The standard InChI is InChI=1S/C60H96O27/c1-9-29(64)31-18-24(2)60(87-31)17-16-58(7)28-10-11-35-56(5,27(28)12-15-59(58,60)8)14-13-36(57(35,6)19-25(3)63)83-52-46(75)44(73)40(69)34(82-52)23-78-54-49(38(67)30(65)22-77-54)85-55-50(86-51-45(74)42(71)37(66)26(4)79-51)48(41(70)33(21-62)81-55)84-53-47(76)43(72)39(68)32(20-61)80-53/h24,26,30-55,61-62,65-76H,9-23H2,1-8H3. The molecule has 0 amide bonds. The summed E-state index contributed by atoms with van der Waals surface area (Å²) in [5.74, 6) is 0.235. The molecule has 498 valence electrons. The summed E-state index contributed by atoms with van der Waals surface area (Å²) in [6.45, 7) is 13.1. The van der Waals surface area contributed by atoms with Crippen LogP contribution < -0.4 is 0 Å². The van der Waals surface area contributed by atoms with E-state index in [2.05, 4.69) is 27.7 Å². The number of ketones is 2. The van der Waals surface area contributed by atoms with Gasteiger partial charge in [0.2, 0.25) is 0 Å². The van der Waals surface area contributed by atoms with Gasteiger partial charge in [-0.2, -0.15) is 0 Å². The highest BCUT2D eigenvalue weighted by Gasteiger charge is 2.72. The summed E-state index contributed by atoms with van der Waals surface area (Å²) < 4.78 is 67.6. The number of hydrogen-bond donors (Lipinski definition) is 14. The smallest absolute Gasteiger partial charge is 0.187 e. The third kappa shape index (κ3) is 11.5. The normalized spacial score (nSPS) is 53.6. The Kier molecular flexibility index (Phi) is 20.1. The molecule has 0 bridgehead atoms. The molecule has 0 aromatic rings. The van der Waals surface area contributed by atoms with Gasteiger partial charge >= 0.3 is 0 Å². The van der Waals surface area contributed by atoms with Crippen molar-refractivity contribution in [2.75, 3.05) is 26.4 Å². The Morgan fingerprint density at radius 2 is 1.15 bits per heavy atom. The number of carbonyl (C=O) groups is 2. The van der Waals surface area contributed by atoms with Crippen molar-refractivity contribution >= 4 is 11.6 Å². The SMILES string of the molecule is CCC(=O)C1CC(C)C2(CCC3(C)C4=C(CCC32C)C2(C)CCC(OC3OC(COC5OCC(O)C(O)C5OC5OC(CO)C(O)C(OC6OC(CO)C(O)C(O)C6O)C5OC5OC(C)C(O)C(O)C5O)C(O)C(O)C3O)C(C)(CC(C)=O)C2CC4)O1. The zero-order valence-corrected chi connectivity index (χ0v) is 50.8. The summed E-state index contributed by atoms with van der Waals surface area (Å²) >= 11 is 0. The van der Waals surface area contributed by atoms with Crippen molar-refractivity contribution in [1.29, 1.82) is 0 Å². The second kappa shape index (κ2) is 25.8. The fraction of sp³-hybridized carbons (Fsp3) is 0.933. The molecule has 10 rings (SSSR count). The van der Waals surface area contributed by atoms with Crippen molar-refractivity contribution in [2.45, 2.75) is 291 Å². The van der Waals surface area contributed by atoms with Crippen molar-refractivity contribution in [1.82, 2.24) is 0 Å². The van der Waals surface area contributed by atoms with E-state index in [1.807, 2.05) is 13.8 Å². The quantitative estimate of drug-likeness (QED) is 0.0663. The minimum Gasteiger partial charge on any atom is -0.394 e. The van der Waals surface area contributed by atoms with Crippen LogP contribution in [0.1, 0.15) is 126 Å². The van der Waals surface area contributed by atoms with Crippen molar-refractivity contribution in [3.05, 3.63) is 11.1 Å². The maximum Gasteiger partial charge on any atom is 0.187 e. The number of carbonyl (C=O) groups excluding carboxylic acids is 2. The van der Waals surface area contributed by atoms with Gasteiger partial charge in [0.15, 0.2) is 37.2 Å². The van der Waals surface area contributed by atoms with Gasteiger partial charge in [-0.1, -0.05) is 52.7 Å². The second-order valence-electron chi connectivity index (χ2n) is 27.6. The van der Waals surface area contributed by atoms with Gasteiger partial charge in [-0.15, -0.1) is 0 Å². The minimum atomic E-state index is -2.06. The first kappa shape index (κ1) is 68.0. The fourth-order valence-corrected chi connectivity index (χ4v) is 17.7. The Labute approximate surface area is 505 Å². The number of hydrogen-bond acceptors (Lipinski definition) is 27. The molecule has 14 N–H and O–H groups in total. The van der Waals surface area contributed by atoms with Crippen LogP contribution in [0.25, 0.3) is 0 Å². The topological polar surface area (TPSA) is 419 Å². The van der Waals surface area contributed by atoms with Crippen molar-refractivity contribution in [3.8, 4) is 0 Å². The Balaban J connectivity index is 0.873. The summed E-state index contributed by atoms with van der Waals surface area (Å²) in [6.07, 6.45) is -36.9. The molecule has 33 atom stereocenters. The maximum absolute atomic E-state index is 13.5. The molecule has 2 saturated carbocycles. The summed E-state index contributed by atoms with van der Waals surface area (Å²) in [6, 6.07) is 0. The molecular weight excluding hydrogens is 1150 g/mol. The van der Waals surface area contributed by atoms with Gasteiger partial charge in [-0.25, -0.2) is 0 Å². The summed E-state index contributed by atoms with van der Waals surface area (Å²) in [5, 5.41) is 154. The number of aliphatic hydroxyl groups is 14. The van der Waals surface area contributed by atoms with Gasteiger partial charge < -0.3 is 128 Å². The van der Waals surface area contributed by atoms with Crippen LogP contribution in [0.5, 0.6) is 0 Å². The molecule has 0 aromatic heterocycles. The van der Waals surface area contributed by atoms with E-state index in [0.717, 1.165) is 44.9 Å². The third-order valence-electron chi connectivity index (χ3n) is 22.9. The Bertz CT molecular complexity index is 2460. The van der Waals surface area contributed by atoms with Crippen LogP contribution in [-0.4, -0.2) is 275 Å². The molecule has 4 aliphatic carbocycles. The maximum atomic E-state index is 13.5. The fourth-order valence-electron chi connectivity index (χ4n) is 17.7. The molecule has 0 aromatic carbocycles. The van der Waals surface area contributed by atoms with Crippen LogP contribution in [0.15, 0.2) is 11.1 Å². The molecule has 6 heterocycles. The van der Waals surface area contributed by atoms with Crippen LogP contribution in [0.4, 0.5) is 0 Å². The predicted octanol–water partition coefficient (Wildman–Crippen LogP) is -2.63. The van der Waals surface area contributed by atoms with Gasteiger partial charge in [-0.3, -0.25) is 4.79 Å². The van der Waals surface area contributed by atoms with Gasteiger partial charge in [0, 0.05) is 23.7 Å². The molecule has 0 radical (unpaired) electrons. The molecular formula is C60H96O27. The second-order valence-corrected chi connectivity index (χ2v) is 27.6. The van der Waals surface area contributed by atoms with Gasteiger partial charge in [0.05, 0.1) is 44.2 Å². The van der Waals surface area contributed by atoms with E-state index in [-0.39, 0.29) is 46.1 Å². The van der Waals surface area contributed by atoms with Crippen molar-refractivity contribution in [2.24, 2.45) is 33.5 Å². The molecule has 6 aliphatic heterocycles. The molecule has 33 unspecified atom stereocenters. The minimum absolute atomic E-state index is 0.0624. The average molecular weight is 1250 g/mol. The number of rotatable bonds is 17. The zero-order valence-electron chi connectivity index (χ0n) is 50.8. The lowest BCUT2D eigenvalue weighted by molar-refractivity contribution is -0.406. The van der Waals surface area contributed by atoms with E-state index < -0.39 is 197 Å². The number of Topliss-reactive ketones (excluding diaryl/α,β-unsaturated/α-hetero) is 2. The lowest BCUT2D eigenvalue weighted by Crippen LogP contribution is -2.68. The first-order chi connectivity index (χ1) is 40.9. The lowest BCUT2D eigenvalue weighted by Gasteiger charge is -2.64. The number of fused-ring (bicyclic) bond motifs is 5. The number of allylic oxidation sites excluding steroid dienone is 2. The summed E-state index contributed by atoms with van der Waals surface area (Å²) in [5.41, 5.74) is 0.909. The van der Waals surface area contributed by atoms with Crippen molar-refractivity contribution < 1.29 is 133 Å². The van der Waals surface area contributed by atoms with Gasteiger partial charge in [-0.05, 0) is 94.3 Å². The van der Waals surface area contributed by atoms with E-state index in [1.165, 1.54) is 25.0 Å². The predicted molar refractivity (Wildman–Crippen MR) is 294 cm³/mol. The molecule has 6 saturated heterocycles. The monoisotopic (exact) mass is 1250 g/mol. The van der Waals surface area contributed by atoms with E-state index in [4.69, 9.17) is 52.1 Å². The first-order valence-electron chi connectivity index (χ1n) is 31.2. The van der Waals surface area contributed by atoms with E-state index in [0.29, 0.717) is 19.3 Å². The Morgan fingerprint density at radius 1 is 0.575 bits per heavy atom. The van der Waals surface area contributed by atoms with E-state index >= 15 is 0 Å². The number of aliphatic hydroxyl groups excluding tert-OH is 14. The summed E-state index contributed by atoms with van der Waals surface area (Å²) in [7, 11) is 0. The Morgan fingerprint density at radius 3 is 1.79 bits per heavy atom. The molecule has 87 heavy (non-hydrogen) atoms. The van der Waals surface area contributed by atoms with Gasteiger partial charge in [0.25, 0.3) is 0 Å². The molecule has 1 spiro atoms. The highest BCUT2D eigenvalue weighted by Crippen LogP contribution is 2.75. The van der Waals surface area contributed by atoms with Crippen LogP contribution in [0.3, 0.4) is 0 Å². The Hall–Kier alpha value is -1.92. The molecule has 27 nitrogen and oxygen atoms in total. The van der Waals surface area contributed by atoms with Gasteiger partial charge in [0.1, 0.15) is 122 Å². The van der Waals surface area contributed by atoms with Crippen LogP contribution in [0.2, 0.25) is 0 Å². The number of ether oxygens (including phenoxy) is 11. The molecule has 8 fully saturated rings. The largest absolute Gasteiger partial charge is 0.394 e. The zero-order chi connectivity index (χ0) is 63.4. The van der Waals surface area contributed by atoms with E-state index in [9.17, 15) is 81.1 Å². The highest BCUT2D eigenvalue weighted by atomic mass is 16.8. The highest BCUT2D eigenvalue weighted by molar-refractivity contribution is 5.83. The van der Waals surface area contributed by atoms with E-state index in [1.54, 1.807) is 0 Å². The van der Waals surface area contributed by atoms with Crippen LogP contribution >= 0.6 is 0 Å². The average Bonchev–Trinajstić information content (AvgIpc) is 1.59. The molecule has 27 heteroatoms. The first-order valence-corrected chi connectivity index (χ1v) is 31.2. The lowest BCUT2D eigenvalue weighted by atomic mass is 9.42. The summed E-state index contributed by atoms with van der Waals surface area (Å²) in [4.78, 5) is 26.6. The van der Waals surface area contributed by atoms with Crippen molar-refractivity contribution in [3.63, 3.8) is 0 Å². The molecule has 10 aliphatic rings. The van der Waals surface area contributed by atoms with Crippen LogP contribution in [-0.2, 0) is 61.7 Å². The van der Waals surface area contributed by atoms with Crippen LogP contribution in [0, 0.1) is 33.5 Å².